The molecule has 0 radical (unpaired) electrons. The Labute approximate surface area is 66.9 Å². The van der Waals surface area contributed by atoms with Gasteiger partial charge in [-0.05, 0) is 12.1 Å². The predicted molar refractivity (Wildman–Crippen MR) is 36.9 cm³/mol. The molecule has 2 nitrogen and oxygen atoms in total. The fourth-order valence-corrected chi connectivity index (χ4v) is 0.464. The third-order valence-corrected chi connectivity index (χ3v) is 0.882. The molecule has 5 heteroatoms. The van der Waals surface area contributed by atoms with Crippen molar-refractivity contribution in [3.63, 3.8) is 0 Å². The number of halogens is 3. The van der Waals surface area contributed by atoms with E-state index >= 15 is 0 Å². The zero-order chi connectivity index (χ0) is 9.56. The highest BCUT2D eigenvalue weighted by Crippen LogP contribution is 2.21. The van der Waals surface area contributed by atoms with E-state index in [-0.39, 0.29) is 11.5 Å². The van der Waals surface area contributed by atoms with Gasteiger partial charge in [0.05, 0.1) is 0 Å². The molecule has 1 rings (SSSR count). The molecule has 12 heavy (non-hydrogen) atoms. The lowest BCUT2D eigenvalue weighted by molar-refractivity contribution is 0.00819. The quantitative estimate of drug-likeness (QED) is 0.601. The third kappa shape index (κ3) is 5.40. The van der Waals surface area contributed by atoms with Gasteiger partial charge in [0.2, 0.25) is 0 Å². The van der Waals surface area contributed by atoms with E-state index in [0.29, 0.717) is 0 Å². The lowest BCUT2D eigenvalue weighted by atomic mass is 10.3. The Balaban J connectivity index is 0.000000261. The number of para-hydroxylation sites is 2. The maximum atomic E-state index is 9.67. The van der Waals surface area contributed by atoms with Gasteiger partial charge in [-0.2, -0.15) is 13.2 Å². The number of rotatable bonds is 0. The van der Waals surface area contributed by atoms with Gasteiger partial charge in [0.1, 0.15) is 0 Å². The van der Waals surface area contributed by atoms with Crippen molar-refractivity contribution in [2.45, 2.75) is 6.68 Å². The number of phenols is 2. The minimum Gasteiger partial charge on any atom is -0.504 e. The third-order valence-electron chi connectivity index (χ3n) is 0.882. The van der Waals surface area contributed by atoms with Gasteiger partial charge in [-0.3, -0.25) is 0 Å². The van der Waals surface area contributed by atoms with Crippen molar-refractivity contribution in [3.8, 4) is 11.5 Å². The van der Waals surface area contributed by atoms with Crippen molar-refractivity contribution in [1.82, 2.24) is 0 Å². The van der Waals surface area contributed by atoms with E-state index in [1.807, 2.05) is 0 Å². The van der Waals surface area contributed by atoms with Crippen molar-refractivity contribution < 1.29 is 23.4 Å². The van der Waals surface area contributed by atoms with Crippen LogP contribution in [0.2, 0.25) is 0 Å². The second-order valence-corrected chi connectivity index (χ2v) is 1.74. The van der Waals surface area contributed by atoms with Crippen LogP contribution in [0.15, 0.2) is 24.3 Å². The van der Waals surface area contributed by atoms with Crippen molar-refractivity contribution in [2.75, 3.05) is 0 Å². The second kappa shape index (κ2) is 5.29. The van der Waals surface area contributed by atoms with E-state index < -0.39 is 6.68 Å². The van der Waals surface area contributed by atoms with Crippen LogP contribution in [0, 0.1) is 0 Å². The van der Waals surface area contributed by atoms with Crippen LogP contribution < -0.4 is 0 Å². The Morgan fingerprint density at radius 2 is 1.17 bits per heavy atom. The summed E-state index contributed by atoms with van der Waals surface area (Å²) >= 11 is 0. The molecule has 0 fully saturated rings. The standard InChI is InChI=1S/C6H6O2.CHF3/c7-5-3-1-2-4-6(5)8;2-1(3)4/h1-4,7-8H;1H. The molecule has 0 spiro atoms. The van der Waals surface area contributed by atoms with Crippen LogP contribution in [-0.2, 0) is 0 Å². The minimum absolute atomic E-state index is 0.0764. The molecule has 2 N–H and O–H groups in total. The van der Waals surface area contributed by atoms with Crippen LogP contribution in [0.25, 0.3) is 0 Å². The van der Waals surface area contributed by atoms with Gasteiger partial charge >= 0.3 is 6.68 Å². The molecule has 1 aromatic carbocycles. The number of hydrogen-bond acceptors (Lipinski definition) is 2. The zero-order valence-electron chi connectivity index (χ0n) is 5.92. The van der Waals surface area contributed by atoms with Gasteiger partial charge in [0.15, 0.2) is 11.5 Å². The number of benzene rings is 1. The predicted octanol–water partition coefficient (Wildman–Crippen LogP) is 2.28. The summed E-state index contributed by atoms with van der Waals surface area (Å²) < 4.78 is 29.0. The van der Waals surface area contributed by atoms with Crippen molar-refractivity contribution in [1.29, 1.82) is 0 Å². The largest absolute Gasteiger partial charge is 0.504 e. The number of alkyl halides is 3. The summed E-state index contributed by atoms with van der Waals surface area (Å²) in [6.07, 6.45) is 0. The molecule has 1 aromatic rings. The summed E-state index contributed by atoms with van der Waals surface area (Å²) in [4.78, 5) is 0. The van der Waals surface area contributed by atoms with E-state index in [2.05, 4.69) is 0 Å². The first-order valence-electron chi connectivity index (χ1n) is 2.93. The lowest BCUT2D eigenvalue weighted by Gasteiger charge is -1.91. The SMILES string of the molecule is FC(F)F.Oc1ccccc1O. The molecule has 0 unspecified atom stereocenters. The number of phenolic OH excluding ortho intramolecular Hbond substituents is 2. The topological polar surface area (TPSA) is 40.5 Å². The zero-order valence-corrected chi connectivity index (χ0v) is 5.92. The molecule has 0 atom stereocenters. The van der Waals surface area contributed by atoms with Crippen LogP contribution in [0.4, 0.5) is 13.2 Å². The Morgan fingerprint density at radius 1 is 0.917 bits per heavy atom. The number of hydrogen-bond donors (Lipinski definition) is 2. The van der Waals surface area contributed by atoms with E-state index in [1.54, 1.807) is 12.1 Å². The Kier molecular flexibility index (Phi) is 4.67. The van der Waals surface area contributed by atoms with Crippen LogP contribution >= 0.6 is 0 Å². The Bertz CT molecular complexity index is 204. The smallest absolute Gasteiger partial charge is 0.379 e. The highest BCUT2D eigenvalue weighted by molar-refractivity contribution is 5.36. The highest BCUT2D eigenvalue weighted by atomic mass is 19.4. The monoisotopic (exact) mass is 180 g/mol. The first-order chi connectivity index (χ1) is 5.54. The summed E-state index contributed by atoms with van der Waals surface area (Å²) in [7, 11) is 0. The summed E-state index contributed by atoms with van der Waals surface area (Å²) in [6.45, 7) is -3.67. The van der Waals surface area contributed by atoms with Crippen LogP contribution in [0.3, 0.4) is 0 Å². The fourth-order valence-electron chi connectivity index (χ4n) is 0.464. The summed E-state index contributed by atoms with van der Waals surface area (Å²) in [5.74, 6) is -0.153. The maximum absolute atomic E-state index is 9.67. The molecule has 0 bridgehead atoms. The Hall–Kier alpha value is -1.39. The molecule has 0 saturated carbocycles. The van der Waals surface area contributed by atoms with Crippen molar-refractivity contribution in [2.24, 2.45) is 0 Å². The minimum atomic E-state index is -3.67. The summed E-state index contributed by atoms with van der Waals surface area (Å²) in [5, 5.41) is 17.3. The molecule has 0 saturated heterocycles. The first-order valence-corrected chi connectivity index (χ1v) is 2.93. The van der Waals surface area contributed by atoms with Crippen molar-refractivity contribution in [3.05, 3.63) is 24.3 Å². The van der Waals surface area contributed by atoms with Crippen LogP contribution in [-0.4, -0.2) is 16.9 Å². The van der Waals surface area contributed by atoms with Gasteiger partial charge in [0.25, 0.3) is 0 Å². The molecular weight excluding hydrogens is 173 g/mol. The molecule has 0 aliphatic rings. The maximum Gasteiger partial charge on any atom is 0.379 e. The molecule has 0 heterocycles. The van der Waals surface area contributed by atoms with Crippen LogP contribution in [0.1, 0.15) is 0 Å². The Morgan fingerprint density at radius 3 is 1.33 bits per heavy atom. The van der Waals surface area contributed by atoms with E-state index in [0.717, 1.165) is 0 Å². The molecule has 0 aliphatic heterocycles. The van der Waals surface area contributed by atoms with Crippen molar-refractivity contribution >= 4 is 0 Å². The van der Waals surface area contributed by atoms with E-state index in [9.17, 15) is 13.2 Å². The summed E-state index contributed by atoms with van der Waals surface area (Å²) in [6, 6.07) is 6.15. The molecule has 0 aromatic heterocycles. The van der Waals surface area contributed by atoms with Gasteiger partial charge in [-0.1, -0.05) is 12.1 Å². The van der Waals surface area contributed by atoms with E-state index in [1.165, 1.54) is 12.1 Å². The highest BCUT2D eigenvalue weighted by Gasteiger charge is 1.90. The van der Waals surface area contributed by atoms with Gasteiger partial charge in [-0.25, -0.2) is 0 Å². The summed E-state index contributed by atoms with van der Waals surface area (Å²) in [5.41, 5.74) is 0. The average molecular weight is 180 g/mol. The fraction of sp³-hybridized carbons (Fsp3) is 0.143. The van der Waals surface area contributed by atoms with Crippen LogP contribution in [0.5, 0.6) is 11.5 Å². The number of aromatic hydroxyl groups is 2. The average Bonchev–Trinajstić information content (AvgIpc) is 1.94. The first kappa shape index (κ1) is 10.6. The molecule has 68 valence electrons. The molecular formula is C7H7F3O2. The van der Waals surface area contributed by atoms with Gasteiger partial charge in [-0.15, -0.1) is 0 Å². The second-order valence-electron chi connectivity index (χ2n) is 1.74. The molecule has 0 aliphatic carbocycles. The van der Waals surface area contributed by atoms with E-state index in [4.69, 9.17) is 10.2 Å². The normalized spacial score (nSPS) is 9.00. The van der Waals surface area contributed by atoms with Gasteiger partial charge < -0.3 is 10.2 Å². The lowest BCUT2D eigenvalue weighted by Crippen LogP contribution is -1.65. The van der Waals surface area contributed by atoms with Gasteiger partial charge in [0, 0.05) is 0 Å². The molecule has 0 amide bonds.